The van der Waals surface area contributed by atoms with Crippen LogP contribution in [0.5, 0.6) is 5.75 Å². The van der Waals surface area contributed by atoms with Crippen molar-refractivity contribution in [3.8, 4) is 5.75 Å². The molecule has 1 aliphatic heterocycles. The number of carbonyl (C=O) groups excluding carboxylic acids is 1. The third-order valence-corrected chi connectivity index (χ3v) is 5.45. The third-order valence-electron chi connectivity index (χ3n) is 5.45. The molecule has 0 unspecified atom stereocenters. The van der Waals surface area contributed by atoms with Gasteiger partial charge in [0.15, 0.2) is 6.61 Å². The van der Waals surface area contributed by atoms with Gasteiger partial charge >= 0.3 is 6.18 Å². The lowest BCUT2D eigenvalue weighted by Gasteiger charge is -2.22. The van der Waals surface area contributed by atoms with E-state index in [0.29, 0.717) is 29.5 Å². The molecule has 0 aromatic heterocycles. The van der Waals surface area contributed by atoms with E-state index < -0.39 is 11.7 Å². The molecule has 0 atom stereocenters. The molecular formula is C25H29F3N2O5. The molecule has 1 amide bonds. The molecule has 0 bridgehead atoms. The van der Waals surface area contributed by atoms with E-state index in [9.17, 15) is 18.0 Å². The Morgan fingerprint density at radius 2 is 1.74 bits per heavy atom. The van der Waals surface area contributed by atoms with E-state index in [1.807, 2.05) is 0 Å². The van der Waals surface area contributed by atoms with Crippen molar-refractivity contribution >= 4 is 11.6 Å². The molecule has 2 aromatic carbocycles. The number of nitrogens with one attached hydrogen (secondary N) is 1. The number of halogens is 3. The fraction of sp³-hybridized carbons (Fsp3) is 0.440. The number of carbonyl (C=O) groups is 1. The zero-order valence-corrected chi connectivity index (χ0v) is 19.5. The lowest BCUT2D eigenvalue weighted by Crippen LogP contribution is -2.35. The number of hydrogen-bond donors (Lipinski definition) is 1. The lowest BCUT2D eigenvalue weighted by atomic mass is 10.0. The standard InChI is InChI=1S/C25H29F3N2O5/c1-32-16-23(30-35-15-19-2-6-21(7-3-19)25(26,27)28)20-4-8-22(9-5-20)34-17-24(31)29-14-18-10-12-33-13-11-18/h2-9,18H,10-17H2,1H3,(H,29,31)/b30-23+. The van der Waals surface area contributed by atoms with Crippen LogP contribution in [0.1, 0.15) is 29.5 Å². The average Bonchev–Trinajstić information content (AvgIpc) is 2.86. The Morgan fingerprint density at radius 1 is 1.06 bits per heavy atom. The zero-order chi connectivity index (χ0) is 25.1. The van der Waals surface area contributed by atoms with Gasteiger partial charge in [-0.25, -0.2) is 0 Å². The van der Waals surface area contributed by atoms with Crippen LogP contribution < -0.4 is 10.1 Å². The topological polar surface area (TPSA) is 78.4 Å². The summed E-state index contributed by atoms with van der Waals surface area (Å²) in [7, 11) is 1.52. The van der Waals surface area contributed by atoms with Crippen LogP contribution in [-0.2, 0) is 31.9 Å². The first-order valence-corrected chi connectivity index (χ1v) is 11.3. The highest BCUT2D eigenvalue weighted by atomic mass is 19.4. The largest absolute Gasteiger partial charge is 0.484 e. The molecule has 190 valence electrons. The molecule has 35 heavy (non-hydrogen) atoms. The molecule has 0 saturated carbocycles. The van der Waals surface area contributed by atoms with Crippen molar-refractivity contribution in [3.63, 3.8) is 0 Å². The van der Waals surface area contributed by atoms with Crippen molar-refractivity contribution in [1.82, 2.24) is 5.32 Å². The molecule has 1 fully saturated rings. The van der Waals surface area contributed by atoms with Gasteiger partial charge in [-0.05, 0) is 60.7 Å². The van der Waals surface area contributed by atoms with Gasteiger partial charge in [0.25, 0.3) is 5.91 Å². The van der Waals surface area contributed by atoms with Gasteiger partial charge in [0, 0.05) is 32.4 Å². The van der Waals surface area contributed by atoms with Crippen LogP contribution in [0.25, 0.3) is 0 Å². The van der Waals surface area contributed by atoms with E-state index in [1.54, 1.807) is 24.3 Å². The molecule has 1 heterocycles. The fourth-order valence-electron chi connectivity index (χ4n) is 3.43. The van der Waals surface area contributed by atoms with Crippen molar-refractivity contribution in [2.75, 3.05) is 40.1 Å². The summed E-state index contributed by atoms with van der Waals surface area (Å²) in [4.78, 5) is 17.4. The van der Waals surface area contributed by atoms with Gasteiger partial charge in [0.2, 0.25) is 0 Å². The fourth-order valence-corrected chi connectivity index (χ4v) is 3.43. The molecule has 7 nitrogen and oxygen atoms in total. The van der Waals surface area contributed by atoms with Gasteiger partial charge in [0.05, 0.1) is 12.2 Å². The average molecular weight is 495 g/mol. The monoisotopic (exact) mass is 494 g/mol. The number of benzene rings is 2. The summed E-state index contributed by atoms with van der Waals surface area (Å²) in [5.74, 6) is 0.781. The number of methoxy groups -OCH3 is 1. The predicted molar refractivity (Wildman–Crippen MR) is 123 cm³/mol. The lowest BCUT2D eigenvalue weighted by molar-refractivity contribution is -0.137. The van der Waals surface area contributed by atoms with E-state index in [-0.39, 0.29) is 25.7 Å². The molecule has 1 N–H and O–H groups in total. The van der Waals surface area contributed by atoms with Gasteiger partial charge in [-0.1, -0.05) is 17.3 Å². The molecule has 0 aliphatic carbocycles. The first-order chi connectivity index (χ1) is 16.8. The van der Waals surface area contributed by atoms with Crippen LogP contribution in [0.2, 0.25) is 0 Å². The Balaban J connectivity index is 1.48. The van der Waals surface area contributed by atoms with E-state index >= 15 is 0 Å². The molecule has 1 aliphatic rings. The number of nitrogens with zero attached hydrogens (tertiary/aromatic N) is 1. The highest BCUT2D eigenvalue weighted by molar-refractivity contribution is 6.01. The predicted octanol–water partition coefficient (Wildman–Crippen LogP) is 4.19. The van der Waals surface area contributed by atoms with Gasteiger partial charge in [-0.15, -0.1) is 0 Å². The van der Waals surface area contributed by atoms with Crippen LogP contribution >= 0.6 is 0 Å². The van der Waals surface area contributed by atoms with Crippen LogP contribution in [0.4, 0.5) is 13.2 Å². The first kappa shape index (κ1) is 26.5. The molecule has 10 heteroatoms. The summed E-state index contributed by atoms with van der Waals surface area (Å²) in [5, 5.41) is 6.97. The molecule has 0 radical (unpaired) electrons. The van der Waals surface area contributed by atoms with Crippen molar-refractivity contribution in [2.24, 2.45) is 11.1 Å². The van der Waals surface area contributed by atoms with E-state index in [4.69, 9.17) is 19.0 Å². The number of amides is 1. The summed E-state index contributed by atoms with van der Waals surface area (Å²) >= 11 is 0. The number of hydrogen-bond acceptors (Lipinski definition) is 6. The summed E-state index contributed by atoms with van der Waals surface area (Å²) in [6, 6.07) is 11.6. The minimum Gasteiger partial charge on any atom is -0.484 e. The van der Waals surface area contributed by atoms with Crippen LogP contribution in [0.15, 0.2) is 53.7 Å². The molecule has 3 rings (SSSR count). The molecule has 1 saturated heterocycles. The smallest absolute Gasteiger partial charge is 0.416 e. The number of ether oxygens (including phenoxy) is 3. The van der Waals surface area contributed by atoms with E-state index in [1.165, 1.54) is 19.2 Å². The Labute approximate surface area is 202 Å². The van der Waals surface area contributed by atoms with Crippen molar-refractivity contribution < 1.29 is 37.0 Å². The second-order valence-electron chi connectivity index (χ2n) is 8.11. The number of alkyl halides is 3. The summed E-state index contributed by atoms with van der Waals surface area (Å²) in [6.45, 7) is 2.18. The molecule has 0 spiro atoms. The number of oxime groups is 1. The maximum atomic E-state index is 12.7. The molecular weight excluding hydrogens is 465 g/mol. The minimum atomic E-state index is -4.38. The van der Waals surface area contributed by atoms with Crippen LogP contribution in [-0.4, -0.2) is 51.7 Å². The minimum absolute atomic E-state index is 0.00946. The van der Waals surface area contributed by atoms with Gasteiger partial charge in [-0.3, -0.25) is 4.79 Å². The van der Waals surface area contributed by atoms with Crippen molar-refractivity contribution in [1.29, 1.82) is 0 Å². The normalized spacial score (nSPS) is 15.0. The number of rotatable bonds is 11. The summed E-state index contributed by atoms with van der Waals surface area (Å²) in [5.41, 5.74) is 1.05. The van der Waals surface area contributed by atoms with Gasteiger partial charge in [-0.2, -0.15) is 13.2 Å². The van der Waals surface area contributed by atoms with Crippen LogP contribution in [0, 0.1) is 5.92 Å². The highest BCUT2D eigenvalue weighted by Crippen LogP contribution is 2.29. The Morgan fingerprint density at radius 3 is 2.37 bits per heavy atom. The second kappa shape index (κ2) is 13.1. The quantitative estimate of drug-likeness (QED) is 0.374. The van der Waals surface area contributed by atoms with E-state index in [0.717, 1.165) is 43.8 Å². The highest BCUT2D eigenvalue weighted by Gasteiger charge is 2.29. The Hall–Kier alpha value is -3.11. The SMILES string of the molecule is COC/C(=N\OCc1ccc(C(F)(F)F)cc1)c1ccc(OCC(=O)NCC2CCOCC2)cc1. The zero-order valence-electron chi connectivity index (χ0n) is 19.5. The van der Waals surface area contributed by atoms with Crippen molar-refractivity contribution in [3.05, 3.63) is 65.2 Å². The summed E-state index contributed by atoms with van der Waals surface area (Å²) < 4.78 is 54.1. The maximum absolute atomic E-state index is 12.7. The summed E-state index contributed by atoms with van der Waals surface area (Å²) in [6.07, 6.45) is -2.49. The maximum Gasteiger partial charge on any atom is 0.416 e. The van der Waals surface area contributed by atoms with E-state index in [2.05, 4.69) is 10.5 Å². The van der Waals surface area contributed by atoms with Gasteiger partial charge < -0.3 is 24.4 Å². The first-order valence-electron chi connectivity index (χ1n) is 11.3. The second-order valence-corrected chi connectivity index (χ2v) is 8.11. The Kier molecular flexibility index (Phi) is 9.92. The Bertz CT molecular complexity index is 957. The van der Waals surface area contributed by atoms with Crippen LogP contribution in [0.3, 0.4) is 0 Å². The van der Waals surface area contributed by atoms with Crippen molar-refractivity contribution in [2.45, 2.75) is 25.6 Å². The molecule has 2 aromatic rings. The van der Waals surface area contributed by atoms with Gasteiger partial charge in [0.1, 0.15) is 18.1 Å². The third kappa shape index (κ3) is 8.88.